The van der Waals surface area contributed by atoms with Crippen LogP contribution in [0.3, 0.4) is 0 Å². The van der Waals surface area contributed by atoms with Crippen molar-refractivity contribution in [3.63, 3.8) is 0 Å². The number of hydrogen-bond donors (Lipinski definition) is 2. The number of nitrogens with one attached hydrogen (secondary N) is 2. The molecule has 0 aromatic heterocycles. The average molecular weight is 359 g/mol. The van der Waals surface area contributed by atoms with Crippen molar-refractivity contribution in [2.75, 3.05) is 7.11 Å². The minimum absolute atomic E-state index is 0.182. The van der Waals surface area contributed by atoms with Gasteiger partial charge >= 0.3 is 6.03 Å². The summed E-state index contributed by atoms with van der Waals surface area (Å²) in [6, 6.07) is 12.1. The van der Waals surface area contributed by atoms with Gasteiger partial charge in [0.2, 0.25) is 0 Å². The third kappa shape index (κ3) is 4.10. The maximum atomic E-state index is 11.6. The number of halogens is 1. The van der Waals surface area contributed by atoms with Gasteiger partial charge in [0.25, 0.3) is 5.91 Å². The first-order valence-electron chi connectivity index (χ1n) is 7.44. The van der Waals surface area contributed by atoms with Gasteiger partial charge in [-0.25, -0.2) is 4.79 Å². The third-order valence-corrected chi connectivity index (χ3v) is 3.78. The van der Waals surface area contributed by atoms with Gasteiger partial charge < -0.3 is 14.8 Å². The second-order valence-corrected chi connectivity index (χ2v) is 5.73. The molecule has 0 atom stereocenters. The first-order valence-corrected chi connectivity index (χ1v) is 7.82. The number of imide groups is 1. The van der Waals surface area contributed by atoms with Crippen LogP contribution < -0.4 is 20.1 Å². The molecule has 1 heterocycles. The molecule has 7 heteroatoms. The van der Waals surface area contributed by atoms with Gasteiger partial charge in [-0.3, -0.25) is 10.1 Å². The van der Waals surface area contributed by atoms with Crippen LogP contribution in [0.2, 0.25) is 5.02 Å². The molecule has 3 amide bonds. The van der Waals surface area contributed by atoms with Crippen molar-refractivity contribution in [1.29, 1.82) is 0 Å². The van der Waals surface area contributed by atoms with Crippen LogP contribution in [0.1, 0.15) is 11.1 Å². The Labute approximate surface area is 149 Å². The molecule has 128 valence electrons. The number of rotatable bonds is 5. The minimum Gasteiger partial charge on any atom is -0.493 e. The van der Waals surface area contributed by atoms with E-state index in [0.717, 1.165) is 5.56 Å². The van der Waals surface area contributed by atoms with Crippen LogP contribution in [-0.4, -0.2) is 19.0 Å². The summed E-state index contributed by atoms with van der Waals surface area (Å²) in [5.41, 5.74) is 1.85. The van der Waals surface area contributed by atoms with Gasteiger partial charge in [-0.05, 0) is 41.5 Å². The molecule has 2 aromatic rings. The highest BCUT2D eigenvalue weighted by atomic mass is 35.5. The molecule has 0 aliphatic carbocycles. The zero-order valence-electron chi connectivity index (χ0n) is 13.3. The second-order valence-electron chi connectivity index (χ2n) is 5.29. The third-order valence-electron chi connectivity index (χ3n) is 3.53. The largest absolute Gasteiger partial charge is 0.493 e. The smallest absolute Gasteiger partial charge is 0.326 e. The molecule has 0 saturated carbocycles. The molecular formula is C18H15ClN2O4. The van der Waals surface area contributed by atoms with E-state index >= 15 is 0 Å². The number of urea groups is 1. The van der Waals surface area contributed by atoms with Gasteiger partial charge in [-0.2, -0.15) is 0 Å². The fraction of sp³-hybridized carbons (Fsp3) is 0.111. The summed E-state index contributed by atoms with van der Waals surface area (Å²) < 4.78 is 11.1. The number of hydrogen-bond acceptors (Lipinski definition) is 4. The Hall–Kier alpha value is -2.99. The molecular weight excluding hydrogens is 344 g/mol. The number of carbonyl (C=O) groups is 2. The summed E-state index contributed by atoms with van der Waals surface area (Å²) >= 11 is 5.86. The van der Waals surface area contributed by atoms with Crippen LogP contribution >= 0.6 is 11.6 Å². The van der Waals surface area contributed by atoms with E-state index in [2.05, 4.69) is 10.6 Å². The molecule has 3 rings (SSSR count). The molecule has 0 radical (unpaired) electrons. The molecule has 0 unspecified atom stereocenters. The minimum atomic E-state index is -0.536. The van der Waals surface area contributed by atoms with Crippen LogP contribution in [0.4, 0.5) is 4.79 Å². The quantitative estimate of drug-likeness (QED) is 0.636. The maximum absolute atomic E-state index is 11.6. The van der Waals surface area contributed by atoms with Crippen molar-refractivity contribution in [3.8, 4) is 11.5 Å². The molecule has 25 heavy (non-hydrogen) atoms. The molecule has 1 aliphatic heterocycles. The van der Waals surface area contributed by atoms with E-state index in [4.69, 9.17) is 21.1 Å². The van der Waals surface area contributed by atoms with Gasteiger partial charge in [0.05, 0.1) is 7.11 Å². The van der Waals surface area contributed by atoms with E-state index in [0.29, 0.717) is 28.7 Å². The molecule has 6 nitrogen and oxygen atoms in total. The van der Waals surface area contributed by atoms with Crippen LogP contribution in [0.25, 0.3) is 6.08 Å². The van der Waals surface area contributed by atoms with Crippen molar-refractivity contribution < 1.29 is 19.1 Å². The van der Waals surface area contributed by atoms with Gasteiger partial charge in [-0.15, -0.1) is 0 Å². The first kappa shape index (κ1) is 16.9. The predicted molar refractivity (Wildman–Crippen MR) is 93.4 cm³/mol. The fourth-order valence-corrected chi connectivity index (χ4v) is 2.41. The number of benzene rings is 2. The lowest BCUT2D eigenvalue weighted by Crippen LogP contribution is -2.22. The molecule has 0 bridgehead atoms. The van der Waals surface area contributed by atoms with Crippen molar-refractivity contribution in [2.24, 2.45) is 0 Å². The Morgan fingerprint density at radius 2 is 1.80 bits per heavy atom. The SMILES string of the molecule is COc1cc(/C=C2/NC(=O)NC2=O)ccc1OCc1ccc(Cl)cc1. The molecule has 1 aliphatic rings. The summed E-state index contributed by atoms with van der Waals surface area (Å²) in [6.45, 7) is 0.367. The summed E-state index contributed by atoms with van der Waals surface area (Å²) in [5, 5.41) is 5.25. The van der Waals surface area contributed by atoms with E-state index in [1.165, 1.54) is 7.11 Å². The fourth-order valence-electron chi connectivity index (χ4n) is 2.28. The van der Waals surface area contributed by atoms with Gasteiger partial charge in [0, 0.05) is 5.02 Å². The topological polar surface area (TPSA) is 76.7 Å². The maximum Gasteiger partial charge on any atom is 0.326 e. The van der Waals surface area contributed by atoms with E-state index in [-0.39, 0.29) is 5.70 Å². The zero-order chi connectivity index (χ0) is 17.8. The van der Waals surface area contributed by atoms with Crippen molar-refractivity contribution in [1.82, 2.24) is 10.6 Å². The Bertz CT molecular complexity index is 847. The number of amides is 3. The molecule has 1 fully saturated rings. The van der Waals surface area contributed by atoms with Crippen LogP contribution in [0.15, 0.2) is 48.2 Å². The summed E-state index contributed by atoms with van der Waals surface area (Å²) in [7, 11) is 1.53. The van der Waals surface area contributed by atoms with Gasteiger partial charge in [-0.1, -0.05) is 29.8 Å². The van der Waals surface area contributed by atoms with Crippen molar-refractivity contribution in [3.05, 3.63) is 64.3 Å². The van der Waals surface area contributed by atoms with E-state index in [1.807, 2.05) is 12.1 Å². The lowest BCUT2D eigenvalue weighted by atomic mass is 10.1. The highest BCUT2D eigenvalue weighted by Gasteiger charge is 2.22. The summed E-state index contributed by atoms with van der Waals surface area (Å²) in [4.78, 5) is 22.7. The molecule has 2 N–H and O–H groups in total. The average Bonchev–Trinajstić information content (AvgIpc) is 2.92. The van der Waals surface area contributed by atoms with E-state index in [9.17, 15) is 9.59 Å². The summed E-state index contributed by atoms with van der Waals surface area (Å²) in [5.74, 6) is 0.625. The summed E-state index contributed by atoms with van der Waals surface area (Å²) in [6.07, 6.45) is 1.56. The number of ether oxygens (including phenoxy) is 2. The standard InChI is InChI=1S/C18H15ClN2O4/c1-24-16-9-12(8-14-17(22)21-18(23)20-14)4-7-15(16)25-10-11-2-5-13(19)6-3-11/h2-9H,10H2,1H3,(H2,20,21,22,23)/b14-8+. The first-order chi connectivity index (χ1) is 12.0. The monoisotopic (exact) mass is 358 g/mol. The van der Waals surface area contributed by atoms with Crippen LogP contribution in [-0.2, 0) is 11.4 Å². The molecule has 1 saturated heterocycles. The Balaban J connectivity index is 1.75. The van der Waals surface area contributed by atoms with Crippen molar-refractivity contribution in [2.45, 2.75) is 6.61 Å². The van der Waals surface area contributed by atoms with Crippen LogP contribution in [0.5, 0.6) is 11.5 Å². The Kier molecular flexibility index (Phi) is 4.90. The molecule has 2 aromatic carbocycles. The lowest BCUT2D eigenvalue weighted by molar-refractivity contribution is -0.115. The normalized spacial score (nSPS) is 15.0. The molecule has 0 spiro atoms. The van der Waals surface area contributed by atoms with Crippen molar-refractivity contribution >= 4 is 29.6 Å². The predicted octanol–water partition coefficient (Wildman–Crippen LogP) is 3.11. The number of methoxy groups -OCH3 is 1. The Morgan fingerprint density at radius 1 is 1.04 bits per heavy atom. The highest BCUT2D eigenvalue weighted by Crippen LogP contribution is 2.29. The highest BCUT2D eigenvalue weighted by molar-refractivity contribution is 6.30. The number of carbonyl (C=O) groups excluding carboxylic acids is 2. The van der Waals surface area contributed by atoms with E-state index in [1.54, 1.807) is 36.4 Å². The Morgan fingerprint density at radius 3 is 2.44 bits per heavy atom. The van der Waals surface area contributed by atoms with Gasteiger partial charge in [0.15, 0.2) is 11.5 Å². The van der Waals surface area contributed by atoms with E-state index < -0.39 is 11.9 Å². The zero-order valence-corrected chi connectivity index (χ0v) is 14.1. The van der Waals surface area contributed by atoms with Crippen LogP contribution in [0, 0.1) is 0 Å². The lowest BCUT2D eigenvalue weighted by Gasteiger charge is -2.11. The second kappa shape index (κ2) is 7.27. The van der Waals surface area contributed by atoms with Gasteiger partial charge in [0.1, 0.15) is 12.3 Å².